The SMILES string of the molecule is CN1CCC(C)(CNS(=O)(=O)C2CCNCC2)CC1. The van der Waals surface area contributed by atoms with Gasteiger partial charge in [-0.25, -0.2) is 13.1 Å². The molecule has 0 aromatic rings. The van der Waals surface area contributed by atoms with Crippen molar-refractivity contribution in [2.45, 2.75) is 37.9 Å². The molecule has 2 aliphatic heterocycles. The van der Waals surface area contributed by atoms with Crippen LogP contribution in [0.1, 0.15) is 32.6 Å². The average molecular weight is 289 g/mol. The quantitative estimate of drug-likeness (QED) is 0.786. The molecule has 0 unspecified atom stereocenters. The lowest BCUT2D eigenvalue weighted by Gasteiger charge is -2.38. The van der Waals surface area contributed by atoms with Crippen LogP contribution in [0.25, 0.3) is 0 Å². The number of piperidine rings is 2. The van der Waals surface area contributed by atoms with E-state index in [1.165, 1.54) is 0 Å². The van der Waals surface area contributed by atoms with Crippen molar-refractivity contribution in [2.75, 3.05) is 39.8 Å². The van der Waals surface area contributed by atoms with Crippen LogP contribution in [0.3, 0.4) is 0 Å². The van der Waals surface area contributed by atoms with E-state index in [9.17, 15) is 8.42 Å². The molecule has 2 fully saturated rings. The van der Waals surface area contributed by atoms with Gasteiger partial charge in [0.1, 0.15) is 0 Å². The Balaban J connectivity index is 1.86. The number of sulfonamides is 1. The van der Waals surface area contributed by atoms with Gasteiger partial charge < -0.3 is 10.2 Å². The van der Waals surface area contributed by atoms with E-state index in [-0.39, 0.29) is 10.7 Å². The fourth-order valence-corrected chi connectivity index (χ4v) is 4.48. The molecule has 2 saturated heterocycles. The van der Waals surface area contributed by atoms with Crippen LogP contribution in [-0.4, -0.2) is 58.3 Å². The van der Waals surface area contributed by atoms with Gasteiger partial charge >= 0.3 is 0 Å². The molecule has 6 heteroatoms. The van der Waals surface area contributed by atoms with Crippen LogP contribution in [0, 0.1) is 5.41 Å². The summed E-state index contributed by atoms with van der Waals surface area (Å²) < 4.78 is 27.5. The van der Waals surface area contributed by atoms with Crippen LogP contribution in [0.4, 0.5) is 0 Å². The standard InChI is InChI=1S/C13H27N3O2S/c1-13(5-9-16(2)10-6-13)11-15-19(17,18)12-3-7-14-8-4-12/h12,14-15H,3-11H2,1-2H3. The second kappa shape index (κ2) is 6.08. The number of rotatable bonds is 4. The molecule has 0 atom stereocenters. The van der Waals surface area contributed by atoms with Crippen molar-refractivity contribution in [3.63, 3.8) is 0 Å². The Morgan fingerprint density at radius 2 is 1.84 bits per heavy atom. The maximum Gasteiger partial charge on any atom is 0.214 e. The van der Waals surface area contributed by atoms with Gasteiger partial charge in [-0.1, -0.05) is 6.92 Å². The van der Waals surface area contributed by atoms with Crippen LogP contribution in [-0.2, 0) is 10.0 Å². The van der Waals surface area contributed by atoms with Crippen LogP contribution < -0.4 is 10.0 Å². The van der Waals surface area contributed by atoms with Crippen molar-refractivity contribution in [1.29, 1.82) is 0 Å². The molecular weight excluding hydrogens is 262 g/mol. The van der Waals surface area contributed by atoms with E-state index in [0.29, 0.717) is 6.54 Å². The Bertz CT molecular complexity index is 383. The summed E-state index contributed by atoms with van der Waals surface area (Å²) in [7, 11) is -1.01. The summed E-state index contributed by atoms with van der Waals surface area (Å²) in [6, 6.07) is 0. The molecule has 0 bridgehead atoms. The van der Waals surface area contributed by atoms with Gasteiger partial charge in [0.25, 0.3) is 0 Å². The van der Waals surface area contributed by atoms with E-state index < -0.39 is 10.0 Å². The maximum atomic E-state index is 12.3. The Hall–Kier alpha value is -0.170. The van der Waals surface area contributed by atoms with Crippen molar-refractivity contribution in [3.8, 4) is 0 Å². The fraction of sp³-hybridized carbons (Fsp3) is 1.00. The maximum absolute atomic E-state index is 12.3. The predicted octanol–water partition coefficient (Wildman–Crippen LogP) is 0.390. The summed E-state index contributed by atoms with van der Waals surface area (Å²) in [5.41, 5.74) is 0.118. The van der Waals surface area contributed by atoms with E-state index >= 15 is 0 Å². The minimum Gasteiger partial charge on any atom is -0.317 e. The van der Waals surface area contributed by atoms with E-state index in [0.717, 1.165) is 51.9 Å². The second-order valence-corrected chi connectivity index (χ2v) is 8.47. The first-order chi connectivity index (χ1) is 8.91. The number of likely N-dealkylation sites (tertiary alicyclic amines) is 1. The summed E-state index contributed by atoms with van der Waals surface area (Å²) in [6.45, 7) is 6.54. The minimum absolute atomic E-state index is 0.118. The molecule has 0 aromatic carbocycles. The van der Waals surface area contributed by atoms with Crippen LogP contribution in [0.5, 0.6) is 0 Å². The second-order valence-electron chi connectivity index (χ2n) is 6.43. The van der Waals surface area contributed by atoms with Gasteiger partial charge in [-0.15, -0.1) is 0 Å². The van der Waals surface area contributed by atoms with Gasteiger partial charge in [0.2, 0.25) is 10.0 Å². The Labute approximate surface area is 117 Å². The molecule has 5 nitrogen and oxygen atoms in total. The van der Waals surface area contributed by atoms with Crippen molar-refractivity contribution in [1.82, 2.24) is 14.9 Å². The highest BCUT2D eigenvalue weighted by atomic mass is 32.2. The summed E-state index contributed by atoms with van der Waals surface area (Å²) >= 11 is 0. The van der Waals surface area contributed by atoms with E-state index in [1.807, 2.05) is 0 Å². The molecule has 0 saturated carbocycles. The molecule has 2 heterocycles. The largest absolute Gasteiger partial charge is 0.317 e. The molecule has 19 heavy (non-hydrogen) atoms. The topological polar surface area (TPSA) is 61.4 Å². The zero-order valence-electron chi connectivity index (χ0n) is 12.1. The van der Waals surface area contributed by atoms with E-state index in [1.54, 1.807) is 0 Å². The third kappa shape index (κ3) is 4.15. The monoisotopic (exact) mass is 289 g/mol. The lowest BCUT2D eigenvalue weighted by molar-refractivity contribution is 0.143. The van der Waals surface area contributed by atoms with Crippen molar-refractivity contribution >= 4 is 10.0 Å². The van der Waals surface area contributed by atoms with Crippen LogP contribution >= 0.6 is 0 Å². The average Bonchev–Trinajstić information content (AvgIpc) is 2.42. The van der Waals surface area contributed by atoms with Crippen LogP contribution in [0.15, 0.2) is 0 Å². The molecule has 0 spiro atoms. The van der Waals surface area contributed by atoms with Crippen molar-refractivity contribution in [3.05, 3.63) is 0 Å². The minimum atomic E-state index is -3.14. The molecule has 0 aromatic heterocycles. The van der Waals surface area contributed by atoms with Gasteiger partial charge in [-0.3, -0.25) is 0 Å². The van der Waals surface area contributed by atoms with E-state index in [2.05, 4.69) is 28.9 Å². The summed E-state index contributed by atoms with van der Waals surface area (Å²) in [5, 5.41) is 3.00. The predicted molar refractivity (Wildman–Crippen MR) is 77.7 cm³/mol. The highest BCUT2D eigenvalue weighted by molar-refractivity contribution is 7.90. The fourth-order valence-electron chi connectivity index (χ4n) is 2.83. The first-order valence-electron chi connectivity index (χ1n) is 7.29. The summed E-state index contributed by atoms with van der Waals surface area (Å²) in [5.74, 6) is 0. The number of nitrogens with one attached hydrogen (secondary N) is 2. The smallest absolute Gasteiger partial charge is 0.214 e. The third-order valence-electron chi connectivity index (χ3n) is 4.62. The Morgan fingerprint density at radius 1 is 1.26 bits per heavy atom. The van der Waals surface area contributed by atoms with Crippen molar-refractivity contribution < 1.29 is 8.42 Å². The summed E-state index contributed by atoms with van der Waals surface area (Å²) in [4.78, 5) is 2.31. The molecular formula is C13H27N3O2S. The van der Waals surface area contributed by atoms with Crippen LogP contribution in [0.2, 0.25) is 0 Å². The number of nitrogens with zero attached hydrogens (tertiary/aromatic N) is 1. The lowest BCUT2D eigenvalue weighted by atomic mass is 9.81. The number of hydrogen-bond acceptors (Lipinski definition) is 4. The molecule has 0 aliphatic carbocycles. The van der Waals surface area contributed by atoms with Crippen molar-refractivity contribution in [2.24, 2.45) is 5.41 Å². The van der Waals surface area contributed by atoms with Gasteiger partial charge in [-0.05, 0) is 64.3 Å². The van der Waals surface area contributed by atoms with Gasteiger partial charge in [0.05, 0.1) is 5.25 Å². The molecule has 112 valence electrons. The first kappa shape index (κ1) is 15.2. The van der Waals surface area contributed by atoms with Gasteiger partial charge in [0.15, 0.2) is 0 Å². The van der Waals surface area contributed by atoms with E-state index in [4.69, 9.17) is 0 Å². The molecule has 2 aliphatic rings. The molecule has 2 rings (SSSR count). The zero-order valence-corrected chi connectivity index (χ0v) is 12.9. The number of hydrogen-bond donors (Lipinski definition) is 2. The highest BCUT2D eigenvalue weighted by Gasteiger charge is 2.33. The third-order valence-corrected chi connectivity index (χ3v) is 6.52. The summed E-state index contributed by atoms with van der Waals surface area (Å²) in [6.07, 6.45) is 3.60. The van der Waals surface area contributed by atoms with Gasteiger partial charge in [0, 0.05) is 6.54 Å². The molecule has 0 amide bonds. The Morgan fingerprint density at radius 3 is 2.42 bits per heavy atom. The molecule has 0 radical (unpaired) electrons. The normalized spacial score (nSPS) is 26.4. The molecule has 2 N–H and O–H groups in total. The highest BCUT2D eigenvalue weighted by Crippen LogP contribution is 2.30. The lowest BCUT2D eigenvalue weighted by Crippen LogP contribution is -2.47. The van der Waals surface area contributed by atoms with Gasteiger partial charge in [-0.2, -0.15) is 0 Å². The zero-order chi connectivity index (χ0) is 13.9. The first-order valence-corrected chi connectivity index (χ1v) is 8.84. The Kier molecular flexibility index (Phi) is 4.87.